The van der Waals surface area contributed by atoms with Gasteiger partial charge in [0.1, 0.15) is 0 Å². The molecule has 0 saturated heterocycles. The SMILES string of the molecule is NC(=O)CCC(=O)NCc1cnc[nH]1. The van der Waals surface area contributed by atoms with E-state index in [0.29, 0.717) is 6.54 Å². The third-order valence-corrected chi connectivity index (χ3v) is 1.63. The molecule has 76 valence electrons. The number of carbonyl (C=O) groups is 2. The highest BCUT2D eigenvalue weighted by molar-refractivity contribution is 5.82. The largest absolute Gasteiger partial charge is 0.370 e. The molecule has 6 nitrogen and oxygen atoms in total. The van der Waals surface area contributed by atoms with E-state index in [1.165, 1.54) is 6.33 Å². The molecule has 0 aliphatic rings. The first-order valence-electron chi connectivity index (χ1n) is 4.20. The highest BCUT2D eigenvalue weighted by Crippen LogP contribution is 1.91. The second-order valence-electron chi connectivity index (χ2n) is 2.82. The Hall–Kier alpha value is -1.85. The van der Waals surface area contributed by atoms with Crippen LogP contribution in [0.2, 0.25) is 0 Å². The van der Waals surface area contributed by atoms with Crippen molar-refractivity contribution in [1.82, 2.24) is 15.3 Å². The van der Waals surface area contributed by atoms with E-state index in [0.717, 1.165) is 5.69 Å². The number of hydrogen-bond donors (Lipinski definition) is 3. The van der Waals surface area contributed by atoms with Crippen LogP contribution in [0.3, 0.4) is 0 Å². The van der Waals surface area contributed by atoms with Gasteiger partial charge in [0.15, 0.2) is 0 Å². The summed E-state index contributed by atoms with van der Waals surface area (Å²) in [6.07, 6.45) is 3.36. The summed E-state index contributed by atoms with van der Waals surface area (Å²) in [7, 11) is 0. The molecule has 2 amide bonds. The van der Waals surface area contributed by atoms with Crippen LogP contribution in [0.5, 0.6) is 0 Å². The summed E-state index contributed by atoms with van der Waals surface area (Å²) in [5.41, 5.74) is 5.71. The molecular weight excluding hydrogens is 184 g/mol. The molecule has 0 saturated carbocycles. The first-order valence-corrected chi connectivity index (χ1v) is 4.20. The molecule has 6 heteroatoms. The number of rotatable bonds is 5. The molecule has 1 aromatic heterocycles. The molecule has 4 N–H and O–H groups in total. The van der Waals surface area contributed by atoms with E-state index < -0.39 is 5.91 Å². The summed E-state index contributed by atoms with van der Waals surface area (Å²) < 4.78 is 0. The molecule has 0 aliphatic heterocycles. The van der Waals surface area contributed by atoms with Crippen LogP contribution in [0, 0.1) is 0 Å². The van der Waals surface area contributed by atoms with Crippen molar-refractivity contribution in [3.05, 3.63) is 18.2 Å². The third kappa shape index (κ3) is 3.70. The monoisotopic (exact) mass is 196 g/mol. The maximum absolute atomic E-state index is 11.1. The van der Waals surface area contributed by atoms with Crippen LogP contribution in [-0.2, 0) is 16.1 Å². The van der Waals surface area contributed by atoms with Gasteiger partial charge < -0.3 is 16.0 Å². The van der Waals surface area contributed by atoms with E-state index in [1.807, 2.05) is 0 Å². The third-order valence-electron chi connectivity index (χ3n) is 1.63. The van der Waals surface area contributed by atoms with Gasteiger partial charge in [-0.1, -0.05) is 0 Å². The van der Waals surface area contributed by atoms with Crippen LogP contribution in [0.4, 0.5) is 0 Å². The maximum Gasteiger partial charge on any atom is 0.220 e. The van der Waals surface area contributed by atoms with Gasteiger partial charge in [-0.2, -0.15) is 0 Å². The second-order valence-corrected chi connectivity index (χ2v) is 2.82. The number of carbonyl (C=O) groups excluding carboxylic acids is 2. The van der Waals surface area contributed by atoms with E-state index in [4.69, 9.17) is 5.73 Å². The number of hydrogen-bond acceptors (Lipinski definition) is 3. The minimum atomic E-state index is -0.471. The molecule has 14 heavy (non-hydrogen) atoms. The van der Waals surface area contributed by atoms with Crippen molar-refractivity contribution in [3.63, 3.8) is 0 Å². The molecule has 1 heterocycles. The van der Waals surface area contributed by atoms with Crippen LogP contribution in [0.15, 0.2) is 12.5 Å². The Labute approximate surface area is 80.9 Å². The maximum atomic E-state index is 11.1. The Morgan fingerprint density at radius 2 is 2.29 bits per heavy atom. The number of imidazole rings is 1. The molecular formula is C8H12N4O2. The van der Waals surface area contributed by atoms with Gasteiger partial charge in [-0.3, -0.25) is 9.59 Å². The van der Waals surface area contributed by atoms with Gasteiger partial charge in [0.05, 0.1) is 18.6 Å². The van der Waals surface area contributed by atoms with E-state index in [-0.39, 0.29) is 18.7 Å². The number of nitrogens with zero attached hydrogens (tertiary/aromatic N) is 1. The molecule has 0 fully saturated rings. The molecule has 1 aromatic rings. The van der Waals surface area contributed by atoms with Crippen molar-refractivity contribution in [2.24, 2.45) is 5.73 Å². The van der Waals surface area contributed by atoms with Crippen LogP contribution >= 0.6 is 0 Å². The number of H-pyrrole nitrogens is 1. The van der Waals surface area contributed by atoms with Gasteiger partial charge in [-0.15, -0.1) is 0 Å². The first-order chi connectivity index (χ1) is 6.68. The minimum absolute atomic E-state index is 0.0782. The number of amides is 2. The molecule has 0 aliphatic carbocycles. The molecule has 0 radical (unpaired) electrons. The molecule has 0 bridgehead atoms. The summed E-state index contributed by atoms with van der Waals surface area (Å²) >= 11 is 0. The zero-order valence-corrected chi connectivity index (χ0v) is 7.62. The van der Waals surface area contributed by atoms with Gasteiger partial charge in [-0.25, -0.2) is 4.98 Å². The van der Waals surface area contributed by atoms with Crippen molar-refractivity contribution >= 4 is 11.8 Å². The summed E-state index contributed by atoms with van der Waals surface area (Å²) in [6.45, 7) is 0.387. The van der Waals surface area contributed by atoms with Crippen LogP contribution < -0.4 is 11.1 Å². The van der Waals surface area contributed by atoms with Gasteiger partial charge in [0, 0.05) is 19.0 Å². The van der Waals surface area contributed by atoms with Gasteiger partial charge in [-0.05, 0) is 0 Å². The highest BCUT2D eigenvalue weighted by Gasteiger charge is 2.03. The van der Waals surface area contributed by atoms with E-state index >= 15 is 0 Å². The van der Waals surface area contributed by atoms with Gasteiger partial charge in [0.2, 0.25) is 11.8 Å². The summed E-state index contributed by atoms with van der Waals surface area (Å²) in [5.74, 6) is -0.667. The zero-order chi connectivity index (χ0) is 10.4. The van der Waals surface area contributed by atoms with Crippen molar-refractivity contribution in [2.45, 2.75) is 19.4 Å². The van der Waals surface area contributed by atoms with E-state index in [9.17, 15) is 9.59 Å². The fraction of sp³-hybridized carbons (Fsp3) is 0.375. The molecule has 0 aromatic carbocycles. The molecule has 1 rings (SSSR count). The Bertz CT molecular complexity index is 307. The Morgan fingerprint density at radius 1 is 1.50 bits per heavy atom. The van der Waals surface area contributed by atoms with Crippen LogP contribution in [-0.4, -0.2) is 21.8 Å². The first kappa shape index (κ1) is 10.2. The number of nitrogens with two attached hydrogens (primary N) is 1. The van der Waals surface area contributed by atoms with E-state index in [2.05, 4.69) is 15.3 Å². The van der Waals surface area contributed by atoms with Gasteiger partial charge in [0.25, 0.3) is 0 Å². The normalized spacial score (nSPS) is 9.71. The van der Waals surface area contributed by atoms with Crippen molar-refractivity contribution < 1.29 is 9.59 Å². The smallest absolute Gasteiger partial charge is 0.220 e. The fourth-order valence-corrected chi connectivity index (χ4v) is 0.900. The number of aromatic nitrogens is 2. The lowest BCUT2D eigenvalue weighted by atomic mass is 10.3. The average Bonchev–Trinajstić information content (AvgIpc) is 2.63. The molecule has 0 unspecified atom stereocenters. The topological polar surface area (TPSA) is 101 Å². The predicted octanol–water partition coefficient (Wildman–Crippen LogP) is -0.709. The summed E-state index contributed by atoms with van der Waals surface area (Å²) in [4.78, 5) is 28.1. The second kappa shape index (κ2) is 5.00. The number of primary amides is 1. The lowest BCUT2D eigenvalue weighted by molar-refractivity contribution is -0.125. The number of aromatic amines is 1. The standard InChI is InChI=1S/C8H12N4O2/c9-7(13)1-2-8(14)11-4-6-3-10-5-12-6/h3,5H,1-2,4H2,(H2,9,13)(H,10,12)(H,11,14). The summed E-state index contributed by atoms with van der Waals surface area (Å²) in [6, 6.07) is 0. The lowest BCUT2D eigenvalue weighted by Crippen LogP contribution is -2.24. The van der Waals surface area contributed by atoms with Gasteiger partial charge >= 0.3 is 0 Å². The quantitative estimate of drug-likeness (QED) is 0.579. The minimum Gasteiger partial charge on any atom is -0.370 e. The zero-order valence-electron chi connectivity index (χ0n) is 7.62. The van der Waals surface area contributed by atoms with Crippen molar-refractivity contribution in [2.75, 3.05) is 0 Å². The Morgan fingerprint density at radius 3 is 2.86 bits per heavy atom. The predicted molar refractivity (Wildman–Crippen MR) is 48.9 cm³/mol. The van der Waals surface area contributed by atoms with Crippen LogP contribution in [0.1, 0.15) is 18.5 Å². The van der Waals surface area contributed by atoms with Crippen LogP contribution in [0.25, 0.3) is 0 Å². The summed E-state index contributed by atoms with van der Waals surface area (Å²) in [5, 5.41) is 2.62. The average molecular weight is 196 g/mol. The van der Waals surface area contributed by atoms with Crippen molar-refractivity contribution in [1.29, 1.82) is 0 Å². The lowest BCUT2D eigenvalue weighted by Gasteiger charge is -2.01. The highest BCUT2D eigenvalue weighted by atomic mass is 16.2. The Balaban J connectivity index is 2.18. The molecule has 0 atom stereocenters. The molecule has 0 spiro atoms. The Kier molecular flexibility index (Phi) is 3.66. The van der Waals surface area contributed by atoms with E-state index in [1.54, 1.807) is 6.20 Å². The fourth-order valence-electron chi connectivity index (χ4n) is 0.900. The van der Waals surface area contributed by atoms with Crippen molar-refractivity contribution in [3.8, 4) is 0 Å². The number of nitrogens with one attached hydrogen (secondary N) is 2.